The summed E-state index contributed by atoms with van der Waals surface area (Å²) in [5.74, 6) is 0.802. The van der Waals surface area contributed by atoms with E-state index in [2.05, 4.69) is 42.2 Å². The standard InChI is InChI=1S/C24H23N3O/c1-16-9-22(26)12-20-10-18(4-6-23(16)20)19-5-7-24(21(11-19)13-25)28-15-17-3-2-8-27-14-17/h2-12,14H,13,15,25-26H2,1H3. The molecule has 0 fully saturated rings. The third kappa shape index (κ3) is 3.68. The molecule has 0 saturated heterocycles. The molecule has 0 aliphatic rings. The third-order valence-corrected chi connectivity index (χ3v) is 4.91. The van der Waals surface area contributed by atoms with Crippen molar-refractivity contribution in [2.45, 2.75) is 20.1 Å². The number of aryl methyl sites for hydroxylation is 1. The van der Waals surface area contributed by atoms with Gasteiger partial charge < -0.3 is 16.2 Å². The molecule has 0 unspecified atom stereocenters. The molecule has 1 aromatic heterocycles. The summed E-state index contributed by atoms with van der Waals surface area (Å²) in [6.07, 6.45) is 3.56. The van der Waals surface area contributed by atoms with Gasteiger partial charge in [-0.1, -0.05) is 24.3 Å². The molecule has 0 bridgehead atoms. The molecule has 4 aromatic rings. The molecule has 0 aliphatic heterocycles. The zero-order valence-corrected chi connectivity index (χ0v) is 15.9. The second kappa shape index (κ2) is 7.71. The van der Waals surface area contributed by atoms with Crippen molar-refractivity contribution >= 4 is 16.5 Å². The van der Waals surface area contributed by atoms with Crippen molar-refractivity contribution in [1.29, 1.82) is 0 Å². The van der Waals surface area contributed by atoms with E-state index in [0.29, 0.717) is 13.2 Å². The zero-order chi connectivity index (χ0) is 19.5. The Morgan fingerprint density at radius 1 is 0.964 bits per heavy atom. The van der Waals surface area contributed by atoms with Crippen LogP contribution in [0.4, 0.5) is 5.69 Å². The highest BCUT2D eigenvalue weighted by atomic mass is 16.5. The minimum atomic E-state index is 0.413. The molecule has 4 N–H and O–H groups in total. The average molecular weight is 369 g/mol. The van der Waals surface area contributed by atoms with E-state index in [4.69, 9.17) is 16.2 Å². The molecule has 0 spiro atoms. The molecule has 0 amide bonds. The topological polar surface area (TPSA) is 74.2 Å². The van der Waals surface area contributed by atoms with Crippen LogP contribution in [0.1, 0.15) is 16.7 Å². The SMILES string of the molecule is Cc1cc(N)cc2cc(-c3ccc(OCc4cccnc4)c(CN)c3)ccc12. The Balaban J connectivity index is 1.64. The van der Waals surface area contributed by atoms with E-state index in [1.54, 1.807) is 12.4 Å². The number of nitrogens with zero attached hydrogens (tertiary/aromatic N) is 1. The molecule has 0 saturated carbocycles. The number of rotatable bonds is 5. The summed E-state index contributed by atoms with van der Waals surface area (Å²) >= 11 is 0. The first-order valence-electron chi connectivity index (χ1n) is 9.29. The predicted molar refractivity (Wildman–Crippen MR) is 115 cm³/mol. The number of aromatic nitrogens is 1. The molecule has 4 nitrogen and oxygen atoms in total. The Hall–Kier alpha value is -3.37. The van der Waals surface area contributed by atoms with Crippen LogP contribution in [0.15, 0.2) is 73.1 Å². The minimum absolute atomic E-state index is 0.413. The quantitative estimate of drug-likeness (QED) is 0.494. The maximum Gasteiger partial charge on any atom is 0.124 e. The molecule has 0 radical (unpaired) electrons. The molecule has 4 rings (SSSR count). The number of hydrogen-bond donors (Lipinski definition) is 2. The highest BCUT2D eigenvalue weighted by Gasteiger charge is 2.08. The first-order valence-corrected chi connectivity index (χ1v) is 9.29. The van der Waals surface area contributed by atoms with Gasteiger partial charge in [0.2, 0.25) is 0 Å². The van der Waals surface area contributed by atoms with Gasteiger partial charge in [0.1, 0.15) is 12.4 Å². The highest BCUT2D eigenvalue weighted by molar-refractivity contribution is 5.92. The first kappa shape index (κ1) is 18.0. The molecule has 0 atom stereocenters. The maximum atomic E-state index is 6.02. The van der Waals surface area contributed by atoms with E-state index in [1.165, 1.54) is 10.9 Å². The van der Waals surface area contributed by atoms with Crippen LogP contribution < -0.4 is 16.2 Å². The van der Waals surface area contributed by atoms with Crippen LogP contribution in [0, 0.1) is 6.92 Å². The van der Waals surface area contributed by atoms with Gasteiger partial charge in [-0.05, 0) is 70.8 Å². The van der Waals surface area contributed by atoms with Gasteiger partial charge in [-0.2, -0.15) is 0 Å². The fourth-order valence-electron chi connectivity index (χ4n) is 3.47. The smallest absolute Gasteiger partial charge is 0.124 e. The third-order valence-electron chi connectivity index (χ3n) is 4.91. The first-order chi connectivity index (χ1) is 13.6. The Morgan fingerprint density at radius 3 is 2.57 bits per heavy atom. The van der Waals surface area contributed by atoms with Crippen LogP contribution in [0.3, 0.4) is 0 Å². The van der Waals surface area contributed by atoms with Crippen molar-refractivity contribution in [3.05, 3.63) is 89.7 Å². The van der Waals surface area contributed by atoms with Crippen LogP contribution >= 0.6 is 0 Å². The van der Waals surface area contributed by atoms with E-state index in [-0.39, 0.29) is 0 Å². The number of hydrogen-bond acceptors (Lipinski definition) is 4. The molecular formula is C24H23N3O. The lowest BCUT2D eigenvalue weighted by molar-refractivity contribution is 0.302. The monoisotopic (exact) mass is 369 g/mol. The Bertz CT molecular complexity index is 1120. The summed E-state index contributed by atoms with van der Waals surface area (Å²) < 4.78 is 5.97. The molecule has 4 heteroatoms. The van der Waals surface area contributed by atoms with Crippen molar-refractivity contribution in [1.82, 2.24) is 4.98 Å². The van der Waals surface area contributed by atoms with Crippen LogP contribution in [-0.4, -0.2) is 4.98 Å². The number of nitrogens with two attached hydrogens (primary N) is 2. The van der Waals surface area contributed by atoms with E-state index in [9.17, 15) is 0 Å². The fourth-order valence-corrected chi connectivity index (χ4v) is 3.47. The van der Waals surface area contributed by atoms with Gasteiger partial charge >= 0.3 is 0 Å². The summed E-state index contributed by atoms with van der Waals surface area (Å²) in [6, 6.07) is 20.5. The Kier molecular flexibility index (Phi) is 4.96. The second-order valence-electron chi connectivity index (χ2n) is 6.95. The number of ether oxygens (including phenoxy) is 1. The van der Waals surface area contributed by atoms with Gasteiger partial charge in [0.05, 0.1) is 0 Å². The van der Waals surface area contributed by atoms with Crippen LogP contribution in [-0.2, 0) is 13.2 Å². The van der Waals surface area contributed by atoms with E-state index in [0.717, 1.165) is 39.1 Å². The summed E-state index contributed by atoms with van der Waals surface area (Å²) in [4.78, 5) is 4.12. The van der Waals surface area contributed by atoms with Crippen LogP contribution in [0.2, 0.25) is 0 Å². The molecular weight excluding hydrogens is 346 g/mol. The summed E-state index contributed by atoms with van der Waals surface area (Å²) in [5, 5.41) is 2.36. The molecule has 3 aromatic carbocycles. The van der Waals surface area contributed by atoms with Crippen LogP contribution in [0.5, 0.6) is 5.75 Å². The largest absolute Gasteiger partial charge is 0.489 e. The van der Waals surface area contributed by atoms with Gasteiger partial charge in [0.15, 0.2) is 0 Å². The maximum absolute atomic E-state index is 6.02. The van der Waals surface area contributed by atoms with Gasteiger partial charge in [0.25, 0.3) is 0 Å². The van der Waals surface area contributed by atoms with Crippen molar-refractivity contribution in [3.63, 3.8) is 0 Å². The predicted octanol–water partition coefficient (Wildman–Crippen LogP) is 4.83. The van der Waals surface area contributed by atoms with Crippen molar-refractivity contribution < 1.29 is 4.74 Å². The lowest BCUT2D eigenvalue weighted by Gasteiger charge is -2.13. The summed E-state index contributed by atoms with van der Waals surface area (Å²) in [6.45, 7) is 2.96. The zero-order valence-electron chi connectivity index (χ0n) is 15.9. The molecule has 1 heterocycles. The van der Waals surface area contributed by atoms with Crippen LogP contribution in [0.25, 0.3) is 21.9 Å². The average Bonchev–Trinajstić information content (AvgIpc) is 2.72. The van der Waals surface area contributed by atoms with Gasteiger partial charge in [0, 0.05) is 35.8 Å². The lowest BCUT2D eigenvalue weighted by atomic mass is 9.97. The van der Waals surface area contributed by atoms with Gasteiger partial charge in [-0.3, -0.25) is 4.98 Å². The number of fused-ring (bicyclic) bond motifs is 1. The molecule has 140 valence electrons. The van der Waals surface area contributed by atoms with Gasteiger partial charge in [-0.15, -0.1) is 0 Å². The van der Waals surface area contributed by atoms with Crippen molar-refractivity contribution in [3.8, 4) is 16.9 Å². The summed E-state index contributed by atoms with van der Waals surface area (Å²) in [5.41, 5.74) is 18.2. The molecule has 28 heavy (non-hydrogen) atoms. The fraction of sp³-hybridized carbons (Fsp3) is 0.125. The van der Waals surface area contributed by atoms with E-state index in [1.807, 2.05) is 30.3 Å². The Morgan fingerprint density at radius 2 is 1.79 bits per heavy atom. The summed E-state index contributed by atoms with van der Waals surface area (Å²) in [7, 11) is 0. The number of nitrogen functional groups attached to an aromatic ring is 1. The van der Waals surface area contributed by atoms with E-state index >= 15 is 0 Å². The minimum Gasteiger partial charge on any atom is -0.489 e. The van der Waals surface area contributed by atoms with E-state index < -0.39 is 0 Å². The number of pyridine rings is 1. The van der Waals surface area contributed by atoms with Gasteiger partial charge in [-0.25, -0.2) is 0 Å². The molecule has 0 aliphatic carbocycles. The van der Waals surface area contributed by atoms with Crippen molar-refractivity contribution in [2.75, 3.05) is 5.73 Å². The number of benzene rings is 3. The normalized spacial score (nSPS) is 10.9. The highest BCUT2D eigenvalue weighted by Crippen LogP contribution is 2.31. The van der Waals surface area contributed by atoms with Crippen molar-refractivity contribution in [2.24, 2.45) is 5.73 Å². The number of anilines is 1. The lowest BCUT2D eigenvalue weighted by Crippen LogP contribution is -2.03. The second-order valence-corrected chi connectivity index (χ2v) is 6.95. The Labute approximate surface area is 164 Å².